The minimum Gasteiger partial charge on any atom is -0.455 e. The van der Waals surface area contributed by atoms with Crippen LogP contribution in [0, 0.1) is 0 Å². The van der Waals surface area contributed by atoms with Gasteiger partial charge in [0.2, 0.25) is 0 Å². The van der Waals surface area contributed by atoms with Crippen LogP contribution in [0.2, 0.25) is 0 Å². The lowest BCUT2D eigenvalue weighted by molar-refractivity contribution is 0.586. The quantitative estimate of drug-likeness (QED) is 0.165. The number of furan rings is 1. The summed E-state index contributed by atoms with van der Waals surface area (Å²) in [5.74, 6) is 0. The molecule has 2 aliphatic rings. The van der Waals surface area contributed by atoms with E-state index in [-0.39, 0.29) is 10.8 Å². The summed E-state index contributed by atoms with van der Waals surface area (Å²) in [5, 5.41) is 4.97. The highest BCUT2D eigenvalue weighted by atomic mass is 32.1. The van der Waals surface area contributed by atoms with Crippen molar-refractivity contribution in [2.75, 3.05) is 4.90 Å². The Balaban J connectivity index is 0.894. The number of thiophene rings is 1. The van der Waals surface area contributed by atoms with Crippen molar-refractivity contribution in [3.63, 3.8) is 0 Å². The van der Waals surface area contributed by atoms with Crippen LogP contribution in [0.3, 0.4) is 0 Å². The van der Waals surface area contributed by atoms with Gasteiger partial charge < -0.3 is 9.32 Å². The average molecular weight is 1020 g/mol. The SMILES string of the molecule is CC(C)(C)c1ccc2c(c1)C1(c3cc(C(C)(C)C)ccc3-2)c2cc(-c3ccc(N(c4ccc(-c5ccccc5)cc4)c4ccc(-c5cccc6c5oc5ccccc56)cc4)cc3)ccc2-c2c1ccc1sc3ccccc3c21. The second-order valence-electron chi connectivity index (χ2n) is 23.6. The van der Waals surface area contributed by atoms with E-state index < -0.39 is 5.41 Å². The lowest BCUT2D eigenvalue weighted by Crippen LogP contribution is -2.27. The molecule has 0 saturated heterocycles. The molecule has 0 fully saturated rings. The Morgan fingerprint density at radius 2 is 0.872 bits per heavy atom. The molecule has 2 nitrogen and oxygen atoms in total. The van der Waals surface area contributed by atoms with Crippen LogP contribution in [-0.4, -0.2) is 0 Å². The highest BCUT2D eigenvalue weighted by Crippen LogP contribution is 2.65. The summed E-state index contributed by atoms with van der Waals surface area (Å²) >= 11 is 1.91. The van der Waals surface area contributed by atoms with Gasteiger partial charge in [0.15, 0.2) is 0 Å². The second-order valence-corrected chi connectivity index (χ2v) is 24.7. The van der Waals surface area contributed by atoms with Crippen LogP contribution in [0.4, 0.5) is 17.1 Å². The number of hydrogen-bond acceptors (Lipinski definition) is 3. The molecule has 15 rings (SSSR count). The number of nitrogens with zero attached hydrogens (tertiary/aromatic N) is 1. The Hall–Kier alpha value is -8.76. The molecule has 0 amide bonds. The zero-order chi connectivity index (χ0) is 52.7. The first-order valence-electron chi connectivity index (χ1n) is 27.4. The van der Waals surface area contributed by atoms with E-state index in [1.54, 1.807) is 0 Å². The third kappa shape index (κ3) is 7.00. The Bertz CT molecular complexity index is 4480. The van der Waals surface area contributed by atoms with Gasteiger partial charge >= 0.3 is 0 Å². The minimum atomic E-state index is -0.532. The van der Waals surface area contributed by atoms with Gasteiger partial charge in [-0.3, -0.25) is 0 Å². The molecule has 2 aliphatic carbocycles. The summed E-state index contributed by atoms with van der Waals surface area (Å²) in [5.41, 5.74) is 25.0. The summed E-state index contributed by atoms with van der Waals surface area (Å²) in [6.07, 6.45) is 0. The van der Waals surface area contributed by atoms with E-state index in [0.717, 1.165) is 50.1 Å². The molecule has 0 N–H and O–H groups in total. The van der Waals surface area contributed by atoms with Gasteiger partial charge in [0.25, 0.3) is 0 Å². The van der Waals surface area contributed by atoms with Crippen LogP contribution in [0.15, 0.2) is 241 Å². The molecule has 0 bridgehead atoms. The number of rotatable bonds is 6. The van der Waals surface area contributed by atoms with E-state index in [9.17, 15) is 0 Å². The van der Waals surface area contributed by atoms with E-state index >= 15 is 0 Å². The summed E-state index contributed by atoms with van der Waals surface area (Å²) in [6.45, 7) is 14.1. The van der Waals surface area contributed by atoms with Crippen LogP contribution in [0.25, 0.3) is 97.7 Å². The van der Waals surface area contributed by atoms with Gasteiger partial charge in [0, 0.05) is 53.6 Å². The van der Waals surface area contributed by atoms with Gasteiger partial charge in [0.1, 0.15) is 11.2 Å². The van der Waals surface area contributed by atoms with Crippen LogP contribution in [0.1, 0.15) is 74.9 Å². The molecule has 11 aromatic carbocycles. The van der Waals surface area contributed by atoms with Crippen LogP contribution in [0.5, 0.6) is 0 Å². The smallest absolute Gasteiger partial charge is 0.143 e. The number of anilines is 3. The van der Waals surface area contributed by atoms with Crippen molar-refractivity contribution >= 4 is 70.5 Å². The van der Waals surface area contributed by atoms with Crippen molar-refractivity contribution in [1.29, 1.82) is 0 Å². The Morgan fingerprint density at radius 3 is 1.51 bits per heavy atom. The van der Waals surface area contributed by atoms with Crippen molar-refractivity contribution in [1.82, 2.24) is 0 Å². The number of fused-ring (bicyclic) bond motifs is 17. The predicted molar refractivity (Wildman–Crippen MR) is 331 cm³/mol. The van der Waals surface area contributed by atoms with E-state index in [4.69, 9.17) is 4.42 Å². The summed E-state index contributed by atoms with van der Waals surface area (Å²) in [7, 11) is 0. The topological polar surface area (TPSA) is 16.4 Å². The molecule has 13 aromatic rings. The van der Waals surface area contributed by atoms with Crippen LogP contribution in [-0.2, 0) is 16.2 Å². The lowest BCUT2D eigenvalue weighted by atomic mass is 9.68. The summed E-state index contributed by atoms with van der Waals surface area (Å²) < 4.78 is 9.16. The van der Waals surface area contributed by atoms with Crippen LogP contribution >= 0.6 is 11.3 Å². The van der Waals surface area contributed by atoms with E-state index in [2.05, 4.69) is 277 Å². The van der Waals surface area contributed by atoms with Gasteiger partial charge in [0.05, 0.1) is 5.41 Å². The molecular weight excluding hydrogens is 963 g/mol. The normalized spacial score (nSPS) is 13.4. The van der Waals surface area contributed by atoms with Crippen molar-refractivity contribution in [3.8, 4) is 55.6 Å². The predicted octanol–water partition coefficient (Wildman–Crippen LogP) is 21.4. The number of para-hydroxylation sites is 2. The maximum atomic E-state index is 6.50. The molecule has 0 saturated carbocycles. The van der Waals surface area contributed by atoms with Crippen LogP contribution < -0.4 is 4.90 Å². The highest BCUT2D eigenvalue weighted by molar-refractivity contribution is 7.26. The van der Waals surface area contributed by atoms with Crippen molar-refractivity contribution in [2.24, 2.45) is 0 Å². The summed E-state index contributed by atoms with van der Waals surface area (Å²) in [4.78, 5) is 2.38. The molecule has 3 heteroatoms. The molecule has 0 unspecified atom stereocenters. The first-order valence-corrected chi connectivity index (χ1v) is 28.2. The molecule has 78 heavy (non-hydrogen) atoms. The van der Waals surface area contributed by atoms with Gasteiger partial charge in [-0.05, 0) is 155 Å². The Labute approximate surface area is 460 Å². The molecule has 0 atom stereocenters. The largest absolute Gasteiger partial charge is 0.455 e. The number of benzene rings is 11. The first kappa shape index (κ1) is 46.5. The van der Waals surface area contributed by atoms with E-state index in [0.29, 0.717) is 0 Å². The van der Waals surface area contributed by atoms with Gasteiger partial charge in [-0.2, -0.15) is 0 Å². The van der Waals surface area contributed by atoms with Gasteiger partial charge in [-0.25, -0.2) is 0 Å². The lowest BCUT2D eigenvalue weighted by Gasteiger charge is -2.33. The fourth-order valence-electron chi connectivity index (χ4n) is 13.1. The zero-order valence-corrected chi connectivity index (χ0v) is 45.6. The fourth-order valence-corrected chi connectivity index (χ4v) is 14.2. The van der Waals surface area contributed by atoms with E-state index in [1.807, 2.05) is 17.4 Å². The molecular formula is C75H57NOS. The third-order valence-electron chi connectivity index (χ3n) is 17.0. The summed E-state index contributed by atoms with van der Waals surface area (Å²) in [6, 6.07) is 88.6. The van der Waals surface area contributed by atoms with Crippen molar-refractivity contribution in [3.05, 3.63) is 270 Å². The van der Waals surface area contributed by atoms with E-state index in [1.165, 1.54) is 98.1 Å². The molecule has 0 aliphatic heterocycles. The average Bonchev–Trinajstić information content (AvgIpc) is 3.08. The van der Waals surface area contributed by atoms with Crippen molar-refractivity contribution in [2.45, 2.75) is 57.8 Å². The van der Waals surface area contributed by atoms with Crippen molar-refractivity contribution < 1.29 is 4.42 Å². The van der Waals surface area contributed by atoms with Gasteiger partial charge in [-0.1, -0.05) is 217 Å². The second kappa shape index (κ2) is 17.1. The first-order chi connectivity index (χ1) is 37.9. The maximum absolute atomic E-state index is 6.50. The molecule has 0 radical (unpaired) electrons. The Morgan fingerprint density at radius 1 is 0.359 bits per heavy atom. The molecule has 1 spiro atoms. The molecule has 374 valence electrons. The standard InChI is InChI=1S/C75H57NOS/c1-73(2,3)51-30-39-57-58-40-31-52(74(4,5)6)45-66(58)75(65(57)44-51)63-41-42-69-71(62-18-11-13-22-68(62)78-69)70(63)61-38-29-50(43-64(61)75)48-25-34-54(35-26-48)76(53-32-23-47(24-33-53)46-15-8-7-9-16-46)55-36-27-49(28-37-55)56-19-14-20-60-59-17-10-12-21-67(59)77-72(56)60/h7-45H,1-6H3. The Kier molecular flexibility index (Phi) is 10.2. The van der Waals surface area contributed by atoms with Gasteiger partial charge in [-0.15, -0.1) is 11.3 Å². The maximum Gasteiger partial charge on any atom is 0.143 e. The number of hydrogen-bond donors (Lipinski definition) is 0. The zero-order valence-electron chi connectivity index (χ0n) is 44.8. The molecule has 2 aromatic heterocycles. The monoisotopic (exact) mass is 1020 g/mol. The third-order valence-corrected chi connectivity index (χ3v) is 18.2. The fraction of sp³-hybridized carbons (Fsp3) is 0.120. The molecule has 2 heterocycles. The minimum absolute atomic E-state index is 0.0348. The highest BCUT2D eigenvalue weighted by Gasteiger charge is 2.53.